The molecule has 12 aromatic rings. The van der Waals surface area contributed by atoms with Gasteiger partial charge in [0.05, 0.1) is 28.1 Å². The number of benzene rings is 11. The predicted molar refractivity (Wildman–Crippen MR) is 343 cm³/mol. The molecule has 0 aliphatic carbocycles. The van der Waals surface area contributed by atoms with Gasteiger partial charge in [0.25, 0.3) is 6.71 Å². The molecule has 386 valence electrons. The first-order valence-electron chi connectivity index (χ1n) is 28.6. The van der Waals surface area contributed by atoms with E-state index >= 15 is 0 Å². The Morgan fingerprint density at radius 3 is 1.48 bits per heavy atom. The number of rotatable bonds is 9. The van der Waals surface area contributed by atoms with Gasteiger partial charge in [-0.2, -0.15) is 0 Å². The number of fused-ring (bicyclic) bond motifs is 7. The van der Waals surface area contributed by atoms with Gasteiger partial charge in [-0.25, -0.2) is 0 Å². The molecular formula is C76H64BN3. The van der Waals surface area contributed by atoms with Gasteiger partial charge in [0.15, 0.2) is 0 Å². The fraction of sp³-hybridized carbons (Fsp3) is 0.132. The minimum atomic E-state index is -0.141. The fourth-order valence-corrected chi connectivity index (χ4v) is 13.2. The summed E-state index contributed by atoms with van der Waals surface area (Å²) in [6.07, 6.45) is 0. The molecule has 0 saturated carbocycles. The molecule has 14 rings (SSSR count). The Labute approximate surface area is 472 Å². The van der Waals surface area contributed by atoms with Crippen LogP contribution in [0.5, 0.6) is 0 Å². The summed E-state index contributed by atoms with van der Waals surface area (Å²) in [5.74, 6) is 0.765. The van der Waals surface area contributed by atoms with E-state index in [4.69, 9.17) is 0 Å². The van der Waals surface area contributed by atoms with Crippen LogP contribution in [-0.2, 0) is 5.41 Å². The van der Waals surface area contributed by atoms with Gasteiger partial charge in [0.2, 0.25) is 0 Å². The number of hydrogen-bond donors (Lipinski definition) is 0. The molecule has 0 atom stereocenters. The van der Waals surface area contributed by atoms with Gasteiger partial charge in [0.1, 0.15) is 0 Å². The standard InChI is InChI=1S/C76H64BN3/c1-49(2)54-38-41-58(64(44-54)50(3)4)55-39-42-70-65(45-55)77-66-46-56(76(5,6)7)40-43-71(66)80(75-60(52-26-13-9-14-27-52)33-23-34-61(75)53-28-15-10-16-29-53)73-48-57(78-68-36-21-18-31-62(68)63-32-19-22-37-69(63)78)47-72(74(73)77)79(70)67-35-20-17-30-59(67)51-24-11-8-12-25-51/h8-50H,1-7H3. The van der Waals surface area contributed by atoms with Crippen molar-refractivity contribution >= 4 is 79.0 Å². The second-order valence-corrected chi connectivity index (χ2v) is 23.6. The fourth-order valence-electron chi connectivity index (χ4n) is 13.2. The van der Waals surface area contributed by atoms with E-state index < -0.39 is 0 Å². The van der Waals surface area contributed by atoms with E-state index in [1.54, 1.807) is 0 Å². The molecule has 2 aliphatic heterocycles. The first-order chi connectivity index (χ1) is 39.0. The Kier molecular flexibility index (Phi) is 11.9. The van der Waals surface area contributed by atoms with Gasteiger partial charge >= 0.3 is 0 Å². The van der Waals surface area contributed by atoms with Crippen molar-refractivity contribution < 1.29 is 0 Å². The minimum absolute atomic E-state index is 0.120. The van der Waals surface area contributed by atoms with Crippen LogP contribution in [0.15, 0.2) is 249 Å². The maximum Gasteiger partial charge on any atom is 0.252 e. The van der Waals surface area contributed by atoms with Crippen LogP contribution in [0.2, 0.25) is 0 Å². The Morgan fingerprint density at radius 1 is 0.362 bits per heavy atom. The molecule has 0 spiro atoms. The van der Waals surface area contributed by atoms with E-state index in [1.165, 1.54) is 111 Å². The molecule has 0 unspecified atom stereocenters. The molecule has 2 aliphatic rings. The lowest BCUT2D eigenvalue weighted by Crippen LogP contribution is -2.61. The third-order valence-electron chi connectivity index (χ3n) is 17.1. The average molecular weight is 1030 g/mol. The zero-order chi connectivity index (χ0) is 54.4. The number of anilines is 6. The number of hydrogen-bond acceptors (Lipinski definition) is 2. The maximum absolute atomic E-state index is 2.66. The molecule has 0 saturated heterocycles. The van der Waals surface area contributed by atoms with Gasteiger partial charge in [0, 0.05) is 50.2 Å². The summed E-state index contributed by atoms with van der Waals surface area (Å²) in [7, 11) is 0. The van der Waals surface area contributed by atoms with E-state index in [0.29, 0.717) is 11.8 Å². The summed E-state index contributed by atoms with van der Waals surface area (Å²) < 4.78 is 2.52. The summed E-state index contributed by atoms with van der Waals surface area (Å²) in [6.45, 7) is 16.2. The highest BCUT2D eigenvalue weighted by molar-refractivity contribution is 7.00. The summed E-state index contributed by atoms with van der Waals surface area (Å²) in [5, 5.41) is 2.47. The highest BCUT2D eigenvalue weighted by Crippen LogP contribution is 2.52. The van der Waals surface area contributed by atoms with Crippen molar-refractivity contribution in [2.45, 2.75) is 65.7 Å². The quantitative estimate of drug-likeness (QED) is 0.134. The number of aromatic nitrogens is 1. The molecule has 0 amide bonds. The molecule has 0 fully saturated rings. The van der Waals surface area contributed by atoms with E-state index in [1.807, 2.05) is 0 Å². The van der Waals surface area contributed by atoms with Crippen LogP contribution < -0.4 is 26.2 Å². The van der Waals surface area contributed by atoms with Crippen LogP contribution in [0.3, 0.4) is 0 Å². The van der Waals surface area contributed by atoms with Crippen LogP contribution in [-0.4, -0.2) is 11.3 Å². The van der Waals surface area contributed by atoms with Crippen molar-refractivity contribution in [3.63, 3.8) is 0 Å². The smallest absolute Gasteiger partial charge is 0.252 e. The Balaban J connectivity index is 1.17. The molecule has 0 N–H and O–H groups in total. The third kappa shape index (κ3) is 8.03. The van der Waals surface area contributed by atoms with Crippen molar-refractivity contribution in [1.82, 2.24) is 4.57 Å². The Morgan fingerprint density at radius 2 is 0.875 bits per heavy atom. The van der Waals surface area contributed by atoms with Gasteiger partial charge in [-0.05, 0) is 121 Å². The lowest BCUT2D eigenvalue weighted by Gasteiger charge is -2.46. The molecule has 3 nitrogen and oxygen atoms in total. The minimum Gasteiger partial charge on any atom is -0.311 e. The SMILES string of the molecule is CC(C)c1ccc(-c2ccc3c(c2)B2c4cc(C(C)(C)C)ccc4N(c4c(-c5ccccc5)cccc4-c4ccccc4)c4cc(-n5c6ccccc6c6ccccc65)cc(c42)N3c2ccccc2-c2ccccc2)c(C(C)C)c1. The molecule has 11 aromatic carbocycles. The van der Waals surface area contributed by atoms with Crippen molar-refractivity contribution in [1.29, 1.82) is 0 Å². The first-order valence-corrected chi connectivity index (χ1v) is 28.6. The van der Waals surface area contributed by atoms with Crippen molar-refractivity contribution in [2.75, 3.05) is 9.80 Å². The molecule has 0 bridgehead atoms. The monoisotopic (exact) mass is 1030 g/mol. The van der Waals surface area contributed by atoms with Crippen LogP contribution in [0, 0.1) is 0 Å². The molecule has 4 heteroatoms. The zero-order valence-corrected chi connectivity index (χ0v) is 46.7. The number of para-hydroxylation sites is 4. The first kappa shape index (κ1) is 49.2. The average Bonchev–Trinajstić information content (AvgIpc) is 3.97. The van der Waals surface area contributed by atoms with Crippen LogP contribution in [0.4, 0.5) is 34.1 Å². The van der Waals surface area contributed by atoms with Gasteiger partial charge < -0.3 is 14.4 Å². The number of nitrogens with zero attached hydrogens (tertiary/aromatic N) is 3. The predicted octanol–water partition coefficient (Wildman–Crippen LogP) is 19.1. The molecular weight excluding hydrogens is 966 g/mol. The summed E-state index contributed by atoms with van der Waals surface area (Å²) >= 11 is 0. The van der Waals surface area contributed by atoms with Crippen LogP contribution >= 0.6 is 0 Å². The lowest BCUT2D eigenvalue weighted by atomic mass is 9.33. The van der Waals surface area contributed by atoms with Gasteiger partial charge in [-0.1, -0.05) is 255 Å². The van der Waals surface area contributed by atoms with E-state index in [-0.39, 0.29) is 12.1 Å². The maximum atomic E-state index is 2.66. The van der Waals surface area contributed by atoms with Crippen LogP contribution in [0.25, 0.3) is 72.0 Å². The molecule has 1 aromatic heterocycles. The van der Waals surface area contributed by atoms with E-state index in [2.05, 4.69) is 312 Å². The lowest BCUT2D eigenvalue weighted by molar-refractivity contribution is 0.591. The van der Waals surface area contributed by atoms with Crippen molar-refractivity contribution in [3.8, 4) is 50.2 Å². The van der Waals surface area contributed by atoms with Crippen molar-refractivity contribution in [2.24, 2.45) is 0 Å². The zero-order valence-electron chi connectivity index (χ0n) is 46.7. The largest absolute Gasteiger partial charge is 0.311 e. The van der Waals surface area contributed by atoms with Gasteiger partial charge in [-0.3, -0.25) is 0 Å². The molecule has 0 radical (unpaired) electrons. The third-order valence-corrected chi connectivity index (χ3v) is 17.1. The second kappa shape index (κ2) is 19.4. The summed E-state index contributed by atoms with van der Waals surface area (Å²) in [6, 6.07) is 93.9. The highest BCUT2D eigenvalue weighted by atomic mass is 15.2. The topological polar surface area (TPSA) is 11.4 Å². The normalized spacial score (nSPS) is 12.8. The molecule has 3 heterocycles. The summed E-state index contributed by atoms with van der Waals surface area (Å²) in [5.41, 5.74) is 27.8. The van der Waals surface area contributed by atoms with E-state index in [0.717, 1.165) is 28.4 Å². The second-order valence-electron chi connectivity index (χ2n) is 23.6. The summed E-state index contributed by atoms with van der Waals surface area (Å²) in [4.78, 5) is 5.29. The van der Waals surface area contributed by atoms with Crippen molar-refractivity contribution in [3.05, 3.63) is 265 Å². The highest BCUT2D eigenvalue weighted by Gasteiger charge is 2.45. The Hall–Kier alpha value is -9.12. The Bertz CT molecular complexity index is 4240. The van der Waals surface area contributed by atoms with Crippen LogP contribution in [0.1, 0.15) is 77.0 Å². The van der Waals surface area contributed by atoms with Gasteiger partial charge in [-0.15, -0.1) is 0 Å². The van der Waals surface area contributed by atoms with E-state index in [9.17, 15) is 0 Å². The molecule has 80 heavy (non-hydrogen) atoms.